The summed E-state index contributed by atoms with van der Waals surface area (Å²) < 4.78 is 10.5. The van der Waals surface area contributed by atoms with E-state index in [9.17, 15) is 9.59 Å². The number of hydrogen-bond donors (Lipinski definition) is 1. The Bertz CT molecular complexity index is 785. The van der Waals surface area contributed by atoms with Gasteiger partial charge in [0.2, 0.25) is 0 Å². The highest BCUT2D eigenvalue weighted by atomic mass is 35.5. The summed E-state index contributed by atoms with van der Waals surface area (Å²) in [5.41, 5.74) is 2.15. The topological polar surface area (TPSA) is 64.6 Å². The maximum absolute atomic E-state index is 12.9. The summed E-state index contributed by atoms with van der Waals surface area (Å²) in [6.07, 6.45) is 0. The molecule has 1 atom stereocenters. The van der Waals surface area contributed by atoms with Gasteiger partial charge in [0, 0.05) is 16.4 Å². The Hall–Kier alpha value is -2.27. The van der Waals surface area contributed by atoms with E-state index in [-0.39, 0.29) is 0 Å². The van der Waals surface area contributed by atoms with Gasteiger partial charge < -0.3 is 14.8 Å². The van der Waals surface area contributed by atoms with Gasteiger partial charge in [0.25, 0.3) is 0 Å². The molecule has 1 unspecified atom stereocenters. The summed E-state index contributed by atoms with van der Waals surface area (Å²) in [5, 5.41) is 3.68. The molecular weight excluding hydrogens is 354 g/mol. The normalized spacial score (nSPS) is 17.7. The molecule has 1 aliphatic rings. The summed E-state index contributed by atoms with van der Waals surface area (Å²) >= 11 is 6.00. The highest BCUT2D eigenvalue weighted by molar-refractivity contribution is 6.30. The highest BCUT2D eigenvalue weighted by Gasteiger charge is 2.38. The number of dihydropyridines is 1. The number of halogens is 1. The number of hydrogen-bond acceptors (Lipinski definition) is 5. The van der Waals surface area contributed by atoms with Gasteiger partial charge in [0.05, 0.1) is 24.2 Å². The summed E-state index contributed by atoms with van der Waals surface area (Å²) in [7, 11) is 1.32. The average molecular weight is 378 g/mol. The van der Waals surface area contributed by atoms with Crippen LogP contribution >= 0.6 is 11.6 Å². The Morgan fingerprint density at radius 3 is 1.96 bits per heavy atom. The number of carbonyl (C=O) groups is 2. The van der Waals surface area contributed by atoms with Crippen molar-refractivity contribution < 1.29 is 19.1 Å². The molecule has 1 aliphatic heterocycles. The van der Waals surface area contributed by atoms with Gasteiger partial charge in [-0.05, 0) is 52.3 Å². The predicted molar refractivity (Wildman–Crippen MR) is 101 cm³/mol. The smallest absolute Gasteiger partial charge is 0.337 e. The maximum Gasteiger partial charge on any atom is 0.337 e. The molecule has 0 amide bonds. The van der Waals surface area contributed by atoms with Gasteiger partial charge in [0.1, 0.15) is 5.60 Å². The van der Waals surface area contributed by atoms with Crippen molar-refractivity contribution in [3.05, 3.63) is 57.4 Å². The number of methoxy groups -OCH3 is 1. The minimum atomic E-state index is -0.656. The van der Waals surface area contributed by atoms with Crippen LogP contribution in [-0.4, -0.2) is 24.6 Å². The van der Waals surface area contributed by atoms with Gasteiger partial charge in [-0.15, -0.1) is 0 Å². The van der Waals surface area contributed by atoms with E-state index in [1.807, 2.05) is 0 Å². The number of nitrogens with one attached hydrogen (secondary N) is 1. The fourth-order valence-electron chi connectivity index (χ4n) is 2.97. The molecule has 1 N–H and O–H groups in total. The zero-order valence-electron chi connectivity index (χ0n) is 15.9. The van der Waals surface area contributed by atoms with Gasteiger partial charge in [-0.25, -0.2) is 9.59 Å². The van der Waals surface area contributed by atoms with Gasteiger partial charge in [-0.3, -0.25) is 0 Å². The standard InChI is InChI=1S/C20H24ClNO4/c1-11-15(18(23)25-6)17(13-7-9-14(21)10-8-13)16(12(2)22-11)19(24)26-20(3,4)5/h7-10,17,22H,1-6H3. The molecule has 0 bridgehead atoms. The number of rotatable bonds is 3. The molecule has 0 saturated heterocycles. The summed E-state index contributed by atoms with van der Waals surface area (Å²) in [4.78, 5) is 25.4. The number of benzene rings is 1. The van der Waals surface area contributed by atoms with E-state index in [1.165, 1.54) is 7.11 Å². The lowest BCUT2D eigenvalue weighted by Gasteiger charge is -2.32. The van der Waals surface area contributed by atoms with Crippen molar-refractivity contribution in [2.75, 3.05) is 7.11 Å². The third-order valence-electron chi connectivity index (χ3n) is 3.99. The molecule has 0 aromatic heterocycles. The van der Waals surface area contributed by atoms with E-state index in [0.29, 0.717) is 27.6 Å². The third kappa shape index (κ3) is 4.28. The van der Waals surface area contributed by atoms with Crippen molar-refractivity contribution in [1.29, 1.82) is 0 Å². The molecule has 1 aromatic rings. The van der Waals surface area contributed by atoms with E-state index >= 15 is 0 Å². The van der Waals surface area contributed by atoms with E-state index < -0.39 is 23.5 Å². The van der Waals surface area contributed by atoms with Crippen LogP contribution < -0.4 is 5.32 Å². The molecule has 140 valence electrons. The van der Waals surface area contributed by atoms with E-state index in [2.05, 4.69) is 5.32 Å². The van der Waals surface area contributed by atoms with Crippen LogP contribution in [0.25, 0.3) is 0 Å². The molecule has 2 rings (SSSR count). The molecule has 6 heteroatoms. The first-order valence-corrected chi connectivity index (χ1v) is 8.68. The van der Waals surface area contributed by atoms with E-state index in [4.69, 9.17) is 21.1 Å². The van der Waals surface area contributed by atoms with Crippen molar-refractivity contribution >= 4 is 23.5 Å². The molecule has 0 spiro atoms. The summed E-state index contributed by atoms with van der Waals surface area (Å²) in [6.45, 7) is 8.98. The Kier molecular flexibility index (Phi) is 5.81. The number of allylic oxidation sites excluding steroid dienone is 2. The van der Waals surface area contributed by atoms with Crippen LogP contribution in [0.3, 0.4) is 0 Å². The van der Waals surface area contributed by atoms with Crippen molar-refractivity contribution in [3.8, 4) is 0 Å². The minimum Gasteiger partial charge on any atom is -0.466 e. The predicted octanol–water partition coefficient (Wildman–Crippen LogP) is 4.09. The summed E-state index contributed by atoms with van der Waals surface area (Å²) in [5.74, 6) is -1.57. The molecule has 1 heterocycles. The van der Waals surface area contributed by atoms with Gasteiger partial charge >= 0.3 is 11.9 Å². The van der Waals surface area contributed by atoms with Crippen molar-refractivity contribution in [1.82, 2.24) is 5.32 Å². The van der Waals surface area contributed by atoms with E-state index in [0.717, 1.165) is 5.56 Å². The van der Waals surface area contributed by atoms with Crippen molar-refractivity contribution in [2.24, 2.45) is 0 Å². The monoisotopic (exact) mass is 377 g/mol. The average Bonchev–Trinajstić information content (AvgIpc) is 2.52. The fraction of sp³-hybridized carbons (Fsp3) is 0.400. The molecule has 0 saturated carbocycles. The second-order valence-corrected chi connectivity index (χ2v) is 7.62. The first-order valence-electron chi connectivity index (χ1n) is 8.31. The van der Waals surface area contributed by atoms with Crippen molar-refractivity contribution in [2.45, 2.75) is 46.1 Å². The van der Waals surface area contributed by atoms with Crippen LogP contribution in [0, 0.1) is 0 Å². The van der Waals surface area contributed by atoms with Crippen LogP contribution in [0.2, 0.25) is 5.02 Å². The number of carbonyl (C=O) groups excluding carboxylic acids is 2. The van der Waals surface area contributed by atoms with Crippen molar-refractivity contribution in [3.63, 3.8) is 0 Å². The Labute approximate surface area is 159 Å². The highest BCUT2D eigenvalue weighted by Crippen LogP contribution is 2.39. The number of ether oxygens (including phenoxy) is 2. The number of esters is 2. The van der Waals surface area contributed by atoms with Gasteiger partial charge in [-0.2, -0.15) is 0 Å². The van der Waals surface area contributed by atoms with Crippen LogP contribution in [0.4, 0.5) is 0 Å². The third-order valence-corrected chi connectivity index (χ3v) is 4.24. The largest absolute Gasteiger partial charge is 0.466 e. The van der Waals surface area contributed by atoms with Gasteiger partial charge in [0.15, 0.2) is 0 Å². The lowest BCUT2D eigenvalue weighted by molar-refractivity contribution is -0.150. The van der Waals surface area contributed by atoms with Crippen LogP contribution in [0.5, 0.6) is 0 Å². The van der Waals surface area contributed by atoms with Crippen LogP contribution in [0.1, 0.15) is 46.1 Å². The Morgan fingerprint density at radius 2 is 1.50 bits per heavy atom. The fourth-order valence-corrected chi connectivity index (χ4v) is 3.09. The first-order chi connectivity index (χ1) is 12.0. The molecule has 0 fully saturated rings. The lowest BCUT2D eigenvalue weighted by Crippen LogP contribution is -2.34. The van der Waals surface area contributed by atoms with Crippen LogP contribution in [0.15, 0.2) is 46.8 Å². The minimum absolute atomic E-state index is 0.376. The maximum atomic E-state index is 12.9. The SMILES string of the molecule is COC(=O)C1=C(C)NC(C)=C(C(=O)OC(C)(C)C)C1c1ccc(Cl)cc1. The molecule has 0 aliphatic carbocycles. The summed E-state index contributed by atoms with van der Waals surface area (Å²) in [6, 6.07) is 7.05. The second kappa shape index (κ2) is 7.54. The zero-order valence-corrected chi connectivity index (χ0v) is 16.7. The molecule has 1 aromatic carbocycles. The Balaban J connectivity index is 2.63. The molecule has 26 heavy (non-hydrogen) atoms. The molecule has 5 nitrogen and oxygen atoms in total. The first kappa shape index (κ1) is 20.0. The molecule has 0 radical (unpaired) electrons. The van der Waals surface area contributed by atoms with E-state index in [1.54, 1.807) is 58.9 Å². The zero-order chi connectivity index (χ0) is 19.6. The molecular formula is C20H24ClNO4. The van der Waals surface area contributed by atoms with Gasteiger partial charge in [-0.1, -0.05) is 23.7 Å². The lowest BCUT2D eigenvalue weighted by atomic mass is 9.80. The Morgan fingerprint density at radius 1 is 1.00 bits per heavy atom. The second-order valence-electron chi connectivity index (χ2n) is 7.18. The quantitative estimate of drug-likeness (QED) is 0.804. The van der Waals surface area contributed by atoms with Crippen LogP contribution in [-0.2, 0) is 19.1 Å².